The normalized spacial score (nSPS) is 19.1. The van der Waals surface area contributed by atoms with Gasteiger partial charge in [-0.1, -0.05) is 66.7 Å². The zero-order chi connectivity index (χ0) is 32.4. The third kappa shape index (κ3) is 7.98. The van der Waals surface area contributed by atoms with Gasteiger partial charge in [-0.05, 0) is 35.2 Å². The molecule has 246 valence electrons. The first kappa shape index (κ1) is 32.2. The minimum Gasteiger partial charge on any atom is -0.493 e. The molecule has 0 radical (unpaired) electrons. The van der Waals surface area contributed by atoms with Crippen LogP contribution in [0.1, 0.15) is 16.7 Å². The van der Waals surface area contributed by atoms with E-state index in [9.17, 15) is 5.11 Å². The molecule has 0 spiro atoms. The first-order valence-corrected chi connectivity index (χ1v) is 15.6. The second-order valence-corrected chi connectivity index (χ2v) is 11.2. The Hall–Kier alpha value is -4.75. The lowest BCUT2D eigenvalue weighted by Gasteiger charge is -2.25. The molecule has 12 nitrogen and oxygen atoms in total. The van der Waals surface area contributed by atoms with Crippen LogP contribution in [0.15, 0.2) is 85.2 Å². The lowest BCUT2D eigenvalue weighted by molar-refractivity contribution is -0.0829. The number of benzene rings is 3. The van der Waals surface area contributed by atoms with Crippen molar-refractivity contribution in [2.24, 2.45) is 0 Å². The molecule has 0 aliphatic carbocycles. The topological polar surface area (TPSA) is 145 Å². The Balaban J connectivity index is 1.15. The highest BCUT2D eigenvalue weighted by Crippen LogP contribution is 2.30. The molecule has 0 amide bonds. The first-order valence-electron chi connectivity index (χ1n) is 15.6. The molecule has 3 aromatic carbocycles. The van der Waals surface area contributed by atoms with Gasteiger partial charge in [-0.3, -0.25) is 0 Å². The minimum atomic E-state index is -0.558. The largest absolute Gasteiger partial charge is 0.493 e. The molecule has 1 aliphatic rings. The van der Waals surface area contributed by atoms with E-state index in [0.717, 1.165) is 16.7 Å². The molecule has 2 aromatic heterocycles. The molecule has 0 bridgehead atoms. The van der Waals surface area contributed by atoms with Crippen molar-refractivity contribution in [1.82, 2.24) is 19.9 Å². The van der Waals surface area contributed by atoms with E-state index in [1.165, 1.54) is 0 Å². The molecule has 4 N–H and O–H groups in total. The number of aliphatic hydroxyl groups is 1. The van der Waals surface area contributed by atoms with Gasteiger partial charge in [0.2, 0.25) is 5.95 Å². The molecule has 47 heavy (non-hydrogen) atoms. The zero-order valence-corrected chi connectivity index (χ0v) is 26.5. The van der Waals surface area contributed by atoms with Gasteiger partial charge in [0.15, 0.2) is 23.0 Å². The van der Waals surface area contributed by atoms with Crippen molar-refractivity contribution < 1.29 is 28.8 Å². The highest BCUT2D eigenvalue weighted by Gasteiger charge is 2.46. The van der Waals surface area contributed by atoms with Crippen LogP contribution in [0.3, 0.4) is 0 Å². The number of imidazole rings is 1. The molecule has 3 heterocycles. The third-order valence-electron chi connectivity index (χ3n) is 8.06. The quantitative estimate of drug-likeness (QED) is 0.122. The Morgan fingerprint density at radius 2 is 1.47 bits per heavy atom. The number of nitrogens with zero attached hydrogens (tertiary/aromatic N) is 3. The van der Waals surface area contributed by atoms with Crippen LogP contribution >= 0.6 is 0 Å². The van der Waals surface area contributed by atoms with E-state index in [-0.39, 0.29) is 6.61 Å². The number of H-pyrrole nitrogens is 1. The summed E-state index contributed by atoms with van der Waals surface area (Å²) in [6, 6.07) is 25.7. The summed E-state index contributed by atoms with van der Waals surface area (Å²) < 4.78 is 29.9. The second kappa shape index (κ2) is 15.7. The number of fused-ring (bicyclic) bond motifs is 1. The zero-order valence-electron chi connectivity index (χ0n) is 26.5. The molecule has 5 aromatic rings. The monoisotopic (exact) mass is 640 g/mol. The molecular formula is C35H40N6O6. The maximum Gasteiger partial charge on any atom is 0.226 e. The van der Waals surface area contributed by atoms with Gasteiger partial charge in [0, 0.05) is 13.1 Å². The molecule has 1 fully saturated rings. The van der Waals surface area contributed by atoms with Crippen molar-refractivity contribution in [2.75, 3.05) is 44.5 Å². The molecular weight excluding hydrogens is 600 g/mol. The van der Waals surface area contributed by atoms with Crippen molar-refractivity contribution in [3.8, 4) is 11.5 Å². The van der Waals surface area contributed by atoms with Crippen LogP contribution in [0, 0.1) is 0 Å². The predicted molar refractivity (Wildman–Crippen MR) is 178 cm³/mol. The minimum absolute atomic E-state index is 0.201. The number of hydrogen-bond acceptors (Lipinski definition) is 11. The Morgan fingerprint density at radius 1 is 0.787 bits per heavy atom. The Morgan fingerprint density at radius 3 is 2.13 bits per heavy atom. The number of methoxy groups -OCH3 is 2. The summed E-state index contributed by atoms with van der Waals surface area (Å²) in [5.74, 6) is 2.38. The van der Waals surface area contributed by atoms with E-state index in [0.29, 0.717) is 67.2 Å². The molecule has 6 rings (SSSR count). The number of hydrogen-bond donors (Lipinski definition) is 4. The van der Waals surface area contributed by atoms with Crippen LogP contribution in [0.25, 0.3) is 11.2 Å². The van der Waals surface area contributed by atoms with Gasteiger partial charge in [0.05, 0.1) is 40.4 Å². The fourth-order valence-corrected chi connectivity index (χ4v) is 5.64. The van der Waals surface area contributed by atoms with Gasteiger partial charge in [0.25, 0.3) is 0 Å². The van der Waals surface area contributed by atoms with Crippen molar-refractivity contribution >= 4 is 22.9 Å². The third-order valence-corrected chi connectivity index (χ3v) is 8.06. The lowest BCUT2D eigenvalue weighted by atomic mass is 10.1. The second-order valence-electron chi connectivity index (χ2n) is 11.2. The summed E-state index contributed by atoms with van der Waals surface area (Å²) in [6.45, 7) is 1.48. The van der Waals surface area contributed by atoms with Gasteiger partial charge >= 0.3 is 0 Å². The molecule has 0 saturated carbocycles. The summed E-state index contributed by atoms with van der Waals surface area (Å²) in [5, 5.41) is 17.0. The number of aliphatic hydroxyl groups excluding tert-OH is 1. The van der Waals surface area contributed by atoms with Gasteiger partial charge in [-0.15, -0.1) is 0 Å². The Labute approximate surface area is 273 Å². The van der Waals surface area contributed by atoms with Crippen LogP contribution in [-0.2, 0) is 33.8 Å². The van der Waals surface area contributed by atoms with E-state index in [1.54, 1.807) is 20.5 Å². The highest BCUT2D eigenvalue weighted by molar-refractivity contribution is 5.83. The average molecular weight is 641 g/mol. The summed E-state index contributed by atoms with van der Waals surface area (Å²) >= 11 is 0. The van der Waals surface area contributed by atoms with Gasteiger partial charge < -0.3 is 44.4 Å². The summed E-state index contributed by atoms with van der Waals surface area (Å²) in [7, 11) is 3.24. The predicted octanol–water partition coefficient (Wildman–Crippen LogP) is 4.37. The van der Waals surface area contributed by atoms with Crippen LogP contribution in [0.4, 0.5) is 11.8 Å². The van der Waals surface area contributed by atoms with Crippen molar-refractivity contribution in [3.63, 3.8) is 0 Å². The van der Waals surface area contributed by atoms with Crippen LogP contribution in [-0.4, -0.2) is 83.4 Å². The standard InChI is InChI=1S/C35H40N6O6/c1-43-26-14-13-23(17-27(26)44-2)15-16-36-35-40-33(30-34(41-35)39-22-38-30)37-18-28-31(45-20-24-9-5-3-6-10-24)32(29(19-42)47-28)46-21-25-11-7-4-8-12-25/h3-14,17,22,28-29,31-32,42H,15-16,18-21H2,1-2H3,(H3,36,37,38,39,40,41)/t28-,29+,31+,32+/m0/s1. The van der Waals surface area contributed by atoms with Crippen LogP contribution in [0.2, 0.25) is 0 Å². The molecule has 1 saturated heterocycles. The SMILES string of the molecule is COc1ccc(CCNc2nc(NC[C@@H]3O[C@H](CO)[C@@H](OCc4ccccc4)[C@@H]3OCc3ccccc3)c3[nH]cnc3n2)cc1OC. The number of aromatic nitrogens is 4. The molecule has 0 unspecified atom stereocenters. The van der Waals surface area contributed by atoms with Crippen molar-refractivity contribution in [1.29, 1.82) is 0 Å². The van der Waals surface area contributed by atoms with E-state index >= 15 is 0 Å². The summed E-state index contributed by atoms with van der Waals surface area (Å²) in [6.07, 6.45) is 0.367. The molecule has 1 aliphatic heterocycles. The van der Waals surface area contributed by atoms with Gasteiger partial charge in [-0.2, -0.15) is 9.97 Å². The lowest BCUT2D eigenvalue weighted by Crippen LogP contribution is -2.40. The van der Waals surface area contributed by atoms with Crippen molar-refractivity contribution in [3.05, 3.63) is 102 Å². The number of rotatable bonds is 16. The molecule has 4 atom stereocenters. The van der Waals surface area contributed by atoms with E-state index < -0.39 is 24.4 Å². The maximum atomic E-state index is 10.3. The smallest absolute Gasteiger partial charge is 0.226 e. The van der Waals surface area contributed by atoms with E-state index in [4.69, 9.17) is 28.7 Å². The highest BCUT2D eigenvalue weighted by atomic mass is 16.6. The van der Waals surface area contributed by atoms with Crippen LogP contribution < -0.4 is 20.1 Å². The fraction of sp³-hybridized carbons (Fsp3) is 0.343. The van der Waals surface area contributed by atoms with Gasteiger partial charge in [-0.25, -0.2) is 4.98 Å². The average Bonchev–Trinajstić information content (AvgIpc) is 3.73. The Bertz CT molecular complexity index is 1710. The van der Waals surface area contributed by atoms with Gasteiger partial charge in [0.1, 0.15) is 29.9 Å². The van der Waals surface area contributed by atoms with E-state index in [1.807, 2.05) is 78.9 Å². The number of ether oxygens (including phenoxy) is 5. The molecule has 12 heteroatoms. The number of anilines is 2. The Kier molecular flexibility index (Phi) is 10.8. The first-order chi connectivity index (χ1) is 23.1. The van der Waals surface area contributed by atoms with Crippen LogP contribution in [0.5, 0.6) is 11.5 Å². The van der Waals surface area contributed by atoms with E-state index in [2.05, 4.69) is 25.6 Å². The van der Waals surface area contributed by atoms with Crippen molar-refractivity contribution in [2.45, 2.75) is 44.1 Å². The number of nitrogens with one attached hydrogen (secondary N) is 3. The fourth-order valence-electron chi connectivity index (χ4n) is 5.64. The maximum absolute atomic E-state index is 10.3. The summed E-state index contributed by atoms with van der Waals surface area (Å²) in [5.41, 5.74) is 4.34. The summed E-state index contributed by atoms with van der Waals surface area (Å²) in [4.78, 5) is 16.8. The number of aromatic amines is 1.